The Kier molecular flexibility index (Phi) is 2.51. The molecule has 6 heteroatoms. The van der Waals surface area contributed by atoms with Gasteiger partial charge in [0.2, 0.25) is 0 Å². The summed E-state index contributed by atoms with van der Waals surface area (Å²) in [6.07, 6.45) is 1.35. The second-order valence-electron chi connectivity index (χ2n) is 4.68. The predicted molar refractivity (Wildman–Crippen MR) is 73.0 cm³/mol. The van der Waals surface area contributed by atoms with Crippen LogP contribution in [0.5, 0.6) is 11.5 Å². The SMILES string of the molecule is N#Cc1ccc2nnc(C3COc4ccccc4O3)n2c1. The Morgan fingerprint density at radius 1 is 1.14 bits per heavy atom. The van der Waals surface area contributed by atoms with E-state index in [-0.39, 0.29) is 6.10 Å². The van der Waals surface area contributed by atoms with Gasteiger partial charge in [-0.3, -0.25) is 4.40 Å². The number of benzene rings is 1. The van der Waals surface area contributed by atoms with Crippen molar-refractivity contribution in [3.63, 3.8) is 0 Å². The molecule has 1 aliphatic rings. The largest absolute Gasteiger partial charge is 0.485 e. The van der Waals surface area contributed by atoms with Crippen molar-refractivity contribution in [1.29, 1.82) is 5.26 Å². The van der Waals surface area contributed by atoms with E-state index in [0.717, 1.165) is 5.75 Å². The zero-order valence-electron chi connectivity index (χ0n) is 10.9. The zero-order valence-corrected chi connectivity index (χ0v) is 10.9. The fourth-order valence-corrected chi connectivity index (χ4v) is 2.34. The maximum absolute atomic E-state index is 9.01. The molecular formula is C15H10N4O2. The summed E-state index contributed by atoms with van der Waals surface area (Å²) in [4.78, 5) is 0. The summed E-state index contributed by atoms with van der Waals surface area (Å²) in [5, 5.41) is 17.3. The van der Waals surface area contributed by atoms with Gasteiger partial charge in [-0.1, -0.05) is 12.1 Å². The third kappa shape index (κ3) is 1.87. The van der Waals surface area contributed by atoms with E-state index in [0.29, 0.717) is 29.4 Å². The van der Waals surface area contributed by atoms with Crippen molar-refractivity contribution in [2.75, 3.05) is 6.61 Å². The van der Waals surface area contributed by atoms with Crippen molar-refractivity contribution in [2.24, 2.45) is 0 Å². The topological polar surface area (TPSA) is 72.4 Å². The summed E-state index contributed by atoms with van der Waals surface area (Å²) in [5.74, 6) is 2.03. The Hall–Kier alpha value is -3.07. The Bertz CT molecular complexity index is 865. The van der Waals surface area contributed by atoms with Crippen LogP contribution in [0.4, 0.5) is 0 Å². The molecule has 0 aliphatic carbocycles. The summed E-state index contributed by atoms with van der Waals surface area (Å²) in [7, 11) is 0. The van der Waals surface area contributed by atoms with Gasteiger partial charge in [0.15, 0.2) is 29.1 Å². The number of ether oxygens (including phenoxy) is 2. The lowest BCUT2D eigenvalue weighted by Crippen LogP contribution is -2.23. The summed E-state index contributed by atoms with van der Waals surface area (Å²) in [6, 6.07) is 13.1. The highest BCUT2D eigenvalue weighted by Crippen LogP contribution is 2.35. The van der Waals surface area contributed by atoms with Crippen LogP contribution in [-0.2, 0) is 0 Å². The van der Waals surface area contributed by atoms with E-state index in [1.807, 2.05) is 24.3 Å². The number of hydrogen-bond donors (Lipinski definition) is 0. The smallest absolute Gasteiger partial charge is 0.192 e. The van der Waals surface area contributed by atoms with Gasteiger partial charge in [0.05, 0.1) is 5.56 Å². The van der Waals surface area contributed by atoms with Crippen molar-refractivity contribution >= 4 is 5.65 Å². The van der Waals surface area contributed by atoms with Gasteiger partial charge >= 0.3 is 0 Å². The fourth-order valence-electron chi connectivity index (χ4n) is 2.34. The number of rotatable bonds is 1. The lowest BCUT2D eigenvalue weighted by atomic mass is 10.2. The molecule has 21 heavy (non-hydrogen) atoms. The molecule has 1 unspecified atom stereocenters. The van der Waals surface area contributed by atoms with Crippen LogP contribution in [0.2, 0.25) is 0 Å². The zero-order chi connectivity index (χ0) is 14.2. The Labute approximate surface area is 120 Å². The Morgan fingerprint density at radius 2 is 2.00 bits per heavy atom. The summed E-state index contributed by atoms with van der Waals surface area (Å²) in [5.41, 5.74) is 1.21. The van der Waals surface area contributed by atoms with Crippen molar-refractivity contribution < 1.29 is 9.47 Å². The van der Waals surface area contributed by atoms with Crippen molar-refractivity contribution in [3.8, 4) is 17.6 Å². The van der Waals surface area contributed by atoms with Crippen molar-refractivity contribution in [3.05, 3.63) is 54.0 Å². The number of aromatic nitrogens is 3. The third-order valence-corrected chi connectivity index (χ3v) is 3.35. The molecular weight excluding hydrogens is 268 g/mol. The van der Waals surface area contributed by atoms with E-state index >= 15 is 0 Å². The van der Waals surface area contributed by atoms with E-state index in [1.54, 1.807) is 22.7 Å². The maximum Gasteiger partial charge on any atom is 0.192 e. The minimum atomic E-state index is -0.358. The van der Waals surface area contributed by atoms with Gasteiger partial charge in [0, 0.05) is 6.20 Å². The van der Waals surface area contributed by atoms with Gasteiger partial charge < -0.3 is 9.47 Å². The van der Waals surface area contributed by atoms with Crippen LogP contribution in [0.25, 0.3) is 5.65 Å². The van der Waals surface area contributed by atoms with Crippen LogP contribution in [-0.4, -0.2) is 21.2 Å². The predicted octanol–water partition coefficient (Wildman–Crippen LogP) is 2.11. The van der Waals surface area contributed by atoms with Crippen molar-refractivity contribution in [1.82, 2.24) is 14.6 Å². The highest BCUT2D eigenvalue weighted by atomic mass is 16.6. The first-order valence-corrected chi connectivity index (χ1v) is 6.48. The van der Waals surface area contributed by atoms with E-state index < -0.39 is 0 Å². The van der Waals surface area contributed by atoms with E-state index in [1.165, 1.54) is 0 Å². The molecule has 3 heterocycles. The number of para-hydroxylation sites is 2. The number of fused-ring (bicyclic) bond motifs is 2. The van der Waals surface area contributed by atoms with Gasteiger partial charge in [-0.25, -0.2) is 0 Å². The molecule has 0 radical (unpaired) electrons. The summed E-state index contributed by atoms with van der Waals surface area (Å²) < 4.78 is 13.4. The first kappa shape index (κ1) is 11.7. The van der Waals surface area contributed by atoms with Crippen LogP contribution < -0.4 is 9.47 Å². The molecule has 0 N–H and O–H groups in total. The van der Waals surface area contributed by atoms with Crippen LogP contribution in [0.3, 0.4) is 0 Å². The first-order valence-electron chi connectivity index (χ1n) is 6.48. The number of hydrogen-bond acceptors (Lipinski definition) is 5. The molecule has 102 valence electrons. The molecule has 0 amide bonds. The standard InChI is InChI=1S/C15H10N4O2/c16-7-10-5-6-14-17-18-15(19(14)8-10)13-9-20-11-3-1-2-4-12(11)21-13/h1-6,8,13H,9H2. The highest BCUT2D eigenvalue weighted by Gasteiger charge is 2.26. The highest BCUT2D eigenvalue weighted by molar-refractivity contribution is 5.44. The monoisotopic (exact) mass is 278 g/mol. The molecule has 0 spiro atoms. The molecule has 3 aromatic rings. The van der Waals surface area contributed by atoms with Crippen LogP contribution in [0, 0.1) is 11.3 Å². The van der Waals surface area contributed by atoms with E-state index in [4.69, 9.17) is 14.7 Å². The molecule has 1 atom stereocenters. The molecule has 6 nitrogen and oxygen atoms in total. The second-order valence-corrected chi connectivity index (χ2v) is 4.68. The lowest BCUT2D eigenvalue weighted by molar-refractivity contribution is 0.0843. The average Bonchev–Trinajstić information content (AvgIpc) is 2.97. The Morgan fingerprint density at radius 3 is 2.86 bits per heavy atom. The van der Waals surface area contributed by atoms with Crippen molar-refractivity contribution in [2.45, 2.75) is 6.10 Å². The first-order chi connectivity index (χ1) is 10.3. The molecule has 1 aliphatic heterocycles. The number of nitrogens with zero attached hydrogens (tertiary/aromatic N) is 4. The van der Waals surface area contributed by atoms with Gasteiger partial charge in [-0.2, -0.15) is 5.26 Å². The molecule has 0 fully saturated rings. The number of nitriles is 1. The minimum Gasteiger partial charge on any atom is -0.485 e. The quantitative estimate of drug-likeness (QED) is 0.681. The van der Waals surface area contributed by atoms with Crippen LogP contribution in [0.1, 0.15) is 17.5 Å². The van der Waals surface area contributed by atoms with E-state index in [9.17, 15) is 0 Å². The summed E-state index contributed by atoms with van der Waals surface area (Å²) >= 11 is 0. The van der Waals surface area contributed by atoms with Crippen LogP contribution >= 0.6 is 0 Å². The molecule has 0 bridgehead atoms. The average molecular weight is 278 g/mol. The number of pyridine rings is 1. The van der Waals surface area contributed by atoms with Gasteiger partial charge in [0.25, 0.3) is 0 Å². The molecule has 1 aromatic carbocycles. The van der Waals surface area contributed by atoms with Gasteiger partial charge in [-0.15, -0.1) is 10.2 Å². The fraction of sp³-hybridized carbons (Fsp3) is 0.133. The lowest BCUT2D eigenvalue weighted by Gasteiger charge is -2.25. The Balaban J connectivity index is 1.76. The van der Waals surface area contributed by atoms with Gasteiger partial charge in [-0.05, 0) is 24.3 Å². The van der Waals surface area contributed by atoms with Crippen LogP contribution in [0.15, 0.2) is 42.6 Å². The molecule has 0 saturated heterocycles. The van der Waals surface area contributed by atoms with Gasteiger partial charge in [0.1, 0.15) is 12.7 Å². The molecule has 0 saturated carbocycles. The maximum atomic E-state index is 9.01. The minimum absolute atomic E-state index is 0.356. The molecule has 4 rings (SSSR count). The normalized spacial score (nSPS) is 16.6. The third-order valence-electron chi connectivity index (χ3n) is 3.35. The summed E-state index contributed by atoms with van der Waals surface area (Å²) in [6.45, 7) is 0.356. The second kappa shape index (κ2) is 4.49. The molecule has 2 aromatic heterocycles. The van der Waals surface area contributed by atoms with E-state index in [2.05, 4.69) is 16.3 Å².